The highest BCUT2D eigenvalue weighted by atomic mass is 32.1. The lowest BCUT2D eigenvalue weighted by Crippen LogP contribution is -2.41. The highest BCUT2D eigenvalue weighted by Crippen LogP contribution is 2.36. The van der Waals surface area contributed by atoms with Crippen molar-refractivity contribution in [1.29, 1.82) is 0 Å². The molecule has 2 aliphatic rings. The van der Waals surface area contributed by atoms with Gasteiger partial charge >= 0.3 is 11.9 Å². The van der Waals surface area contributed by atoms with Crippen molar-refractivity contribution >= 4 is 40.4 Å². The summed E-state index contributed by atoms with van der Waals surface area (Å²) in [6, 6.07) is 16.0. The molecule has 4 aromatic rings. The Morgan fingerprint density at radius 3 is 2.55 bits per heavy atom. The number of rotatable bonds is 8. The third-order valence-corrected chi connectivity index (χ3v) is 8.33. The van der Waals surface area contributed by atoms with Crippen LogP contribution >= 0.6 is 11.3 Å². The summed E-state index contributed by atoms with van der Waals surface area (Å²) in [6.07, 6.45) is 3.57. The summed E-state index contributed by atoms with van der Waals surface area (Å²) in [7, 11) is 0. The van der Waals surface area contributed by atoms with Crippen molar-refractivity contribution in [2.24, 2.45) is 4.99 Å². The molecule has 0 aliphatic carbocycles. The van der Waals surface area contributed by atoms with Crippen molar-refractivity contribution in [3.63, 3.8) is 0 Å². The molecule has 44 heavy (non-hydrogen) atoms. The van der Waals surface area contributed by atoms with E-state index < -0.39 is 23.5 Å². The minimum Gasteiger partial charge on any atom is -0.458 e. The number of nitrogens with zero attached hydrogens (tertiary/aromatic N) is 3. The van der Waals surface area contributed by atoms with Gasteiger partial charge in [-0.3, -0.25) is 14.2 Å². The Morgan fingerprint density at radius 1 is 1.07 bits per heavy atom. The van der Waals surface area contributed by atoms with Crippen molar-refractivity contribution < 1.29 is 28.3 Å². The number of esters is 2. The van der Waals surface area contributed by atoms with Gasteiger partial charge in [-0.1, -0.05) is 61.2 Å². The van der Waals surface area contributed by atoms with E-state index >= 15 is 0 Å². The average Bonchev–Trinajstić information content (AvgIpc) is 3.74. The first kappa shape index (κ1) is 28.8. The topological polar surface area (TPSA) is 120 Å². The molecule has 0 N–H and O–H groups in total. The number of furan rings is 1. The first-order chi connectivity index (χ1) is 21.3. The minimum absolute atomic E-state index is 0.0306. The summed E-state index contributed by atoms with van der Waals surface area (Å²) >= 11 is 1.11. The summed E-state index contributed by atoms with van der Waals surface area (Å²) in [5.74, 6) is -1.28. The highest BCUT2D eigenvalue weighted by Gasteiger charge is 2.37. The first-order valence-corrected chi connectivity index (χ1v) is 14.8. The molecule has 0 unspecified atom stereocenters. The molecule has 0 spiro atoms. The molecule has 6 rings (SSSR count). The number of aromatic nitrogens is 1. The van der Waals surface area contributed by atoms with E-state index in [1.165, 1.54) is 23.0 Å². The molecule has 1 atom stereocenters. The Balaban J connectivity index is 1.50. The van der Waals surface area contributed by atoms with Gasteiger partial charge in [0.2, 0.25) is 5.76 Å². The predicted octanol–water partition coefficient (Wildman–Crippen LogP) is 3.90. The number of allylic oxidation sites excluding steroid dienone is 1. The largest absolute Gasteiger partial charge is 0.458 e. The summed E-state index contributed by atoms with van der Waals surface area (Å²) in [5, 5.41) is 0. The van der Waals surface area contributed by atoms with Gasteiger partial charge in [-0.05, 0) is 49.2 Å². The van der Waals surface area contributed by atoms with E-state index in [0.717, 1.165) is 23.4 Å². The standard InChI is InChI=1S/C33H27N3O7S/c1-4-16-35-23-10-7-6-9-22(23)26(29(35)37)28-30(38)36-27(25(32(40)42-17-5-2)19(3)34-33(36)44-28)20-12-14-21(15-13-20)43-31(39)24-11-8-18-41-24/h5-15,18,27H,2,4,16-17H2,1,3H3/b28-26-/t27-/m1/s1. The van der Waals surface area contributed by atoms with Crippen LogP contribution in [0.2, 0.25) is 0 Å². The lowest BCUT2D eigenvalue weighted by Gasteiger charge is -2.24. The molecule has 0 saturated heterocycles. The van der Waals surface area contributed by atoms with Crippen LogP contribution in [0.15, 0.2) is 105 Å². The Labute approximate surface area is 255 Å². The molecule has 2 aromatic heterocycles. The first-order valence-electron chi connectivity index (χ1n) is 13.9. The van der Waals surface area contributed by atoms with Crippen molar-refractivity contribution in [1.82, 2.24) is 4.57 Å². The maximum atomic E-state index is 14.3. The van der Waals surface area contributed by atoms with Gasteiger partial charge < -0.3 is 18.8 Å². The number of carbonyl (C=O) groups is 3. The van der Waals surface area contributed by atoms with Crippen LogP contribution in [-0.2, 0) is 14.3 Å². The lowest BCUT2D eigenvalue weighted by atomic mass is 9.96. The normalized spacial score (nSPS) is 16.7. The summed E-state index contributed by atoms with van der Waals surface area (Å²) in [4.78, 5) is 60.4. The van der Waals surface area contributed by atoms with Crippen LogP contribution in [0.1, 0.15) is 48.0 Å². The molecule has 0 fully saturated rings. The Morgan fingerprint density at radius 2 is 1.84 bits per heavy atom. The number of carbonyl (C=O) groups excluding carboxylic acids is 3. The zero-order valence-corrected chi connectivity index (χ0v) is 24.8. The van der Waals surface area contributed by atoms with Gasteiger partial charge in [0, 0.05) is 12.1 Å². The molecule has 2 aromatic carbocycles. The van der Waals surface area contributed by atoms with E-state index in [-0.39, 0.29) is 34.1 Å². The van der Waals surface area contributed by atoms with Crippen molar-refractivity contribution in [2.45, 2.75) is 26.3 Å². The smallest absolute Gasteiger partial charge is 0.379 e. The fourth-order valence-electron chi connectivity index (χ4n) is 5.38. The molecular weight excluding hydrogens is 582 g/mol. The van der Waals surface area contributed by atoms with Crippen LogP contribution in [0.4, 0.5) is 5.69 Å². The fourth-order valence-corrected chi connectivity index (χ4v) is 6.51. The van der Waals surface area contributed by atoms with E-state index in [4.69, 9.17) is 13.9 Å². The molecule has 0 bridgehead atoms. The molecule has 11 heteroatoms. The molecule has 4 heterocycles. The molecule has 10 nitrogen and oxygen atoms in total. The predicted molar refractivity (Wildman–Crippen MR) is 163 cm³/mol. The second-order valence-electron chi connectivity index (χ2n) is 10.1. The van der Waals surface area contributed by atoms with E-state index in [2.05, 4.69) is 11.6 Å². The molecule has 1 amide bonds. The summed E-state index contributed by atoms with van der Waals surface area (Å²) in [6.45, 7) is 7.75. The van der Waals surface area contributed by atoms with Gasteiger partial charge in [0.25, 0.3) is 11.5 Å². The van der Waals surface area contributed by atoms with Crippen LogP contribution in [0.5, 0.6) is 5.75 Å². The van der Waals surface area contributed by atoms with Crippen LogP contribution in [0, 0.1) is 0 Å². The number of benzene rings is 2. The zero-order chi connectivity index (χ0) is 31.0. The SMILES string of the molecule is C=CCOC(=O)C1=C(C)N=c2s/c(=C3\C(=O)N(CCC)c4ccccc43)c(=O)n2[C@@H]1c1ccc(OC(=O)c2ccco2)cc1. The fraction of sp³-hybridized carbons (Fsp3) is 0.182. The lowest BCUT2D eigenvalue weighted by molar-refractivity contribution is -0.138. The van der Waals surface area contributed by atoms with E-state index in [1.807, 2.05) is 31.2 Å². The monoisotopic (exact) mass is 609 g/mol. The number of para-hydroxylation sites is 1. The number of amides is 1. The van der Waals surface area contributed by atoms with E-state index in [9.17, 15) is 19.2 Å². The third-order valence-electron chi connectivity index (χ3n) is 7.28. The number of hydrogen-bond donors (Lipinski definition) is 0. The van der Waals surface area contributed by atoms with E-state index in [1.54, 1.807) is 42.2 Å². The van der Waals surface area contributed by atoms with E-state index in [0.29, 0.717) is 33.7 Å². The van der Waals surface area contributed by atoms with Crippen molar-refractivity contribution in [3.05, 3.63) is 127 Å². The van der Waals surface area contributed by atoms with Crippen LogP contribution in [-0.4, -0.2) is 35.6 Å². The van der Waals surface area contributed by atoms with Gasteiger partial charge in [-0.25, -0.2) is 14.6 Å². The molecular formula is C33H27N3O7S. The average molecular weight is 610 g/mol. The number of thiazole rings is 1. The number of hydrogen-bond acceptors (Lipinski definition) is 9. The van der Waals surface area contributed by atoms with Crippen LogP contribution in [0.3, 0.4) is 0 Å². The zero-order valence-electron chi connectivity index (χ0n) is 23.9. The van der Waals surface area contributed by atoms with Gasteiger partial charge in [-0.2, -0.15) is 0 Å². The maximum Gasteiger partial charge on any atom is 0.379 e. The van der Waals surface area contributed by atoms with Gasteiger partial charge in [0.05, 0.1) is 34.8 Å². The van der Waals surface area contributed by atoms with Crippen molar-refractivity contribution in [3.8, 4) is 5.75 Å². The third kappa shape index (κ3) is 4.90. The summed E-state index contributed by atoms with van der Waals surface area (Å²) < 4.78 is 17.6. The quantitative estimate of drug-likeness (QED) is 0.169. The van der Waals surface area contributed by atoms with Gasteiger partial charge in [0.1, 0.15) is 16.9 Å². The number of ether oxygens (including phenoxy) is 2. The van der Waals surface area contributed by atoms with Crippen LogP contribution in [0.25, 0.3) is 5.57 Å². The van der Waals surface area contributed by atoms with Crippen LogP contribution < -0.4 is 24.5 Å². The second kappa shape index (κ2) is 11.8. The van der Waals surface area contributed by atoms with Crippen molar-refractivity contribution in [2.75, 3.05) is 18.1 Å². The Kier molecular flexibility index (Phi) is 7.71. The Hall–Kier alpha value is -5.29. The Bertz CT molecular complexity index is 2020. The maximum absolute atomic E-state index is 14.3. The van der Waals surface area contributed by atoms with Gasteiger partial charge in [0.15, 0.2) is 4.80 Å². The molecule has 2 aliphatic heterocycles. The molecule has 0 saturated carbocycles. The second-order valence-corrected chi connectivity index (χ2v) is 11.1. The number of fused-ring (bicyclic) bond motifs is 2. The molecule has 0 radical (unpaired) electrons. The molecule has 222 valence electrons. The summed E-state index contributed by atoms with van der Waals surface area (Å²) in [5.41, 5.74) is 2.38. The van der Waals surface area contributed by atoms with Gasteiger partial charge in [-0.15, -0.1) is 0 Å². The number of anilines is 1. The highest BCUT2D eigenvalue weighted by molar-refractivity contribution is 7.07. The minimum atomic E-state index is -0.925.